The minimum atomic E-state index is -0.258. The second-order valence-corrected chi connectivity index (χ2v) is 4.77. The van der Waals surface area contributed by atoms with E-state index in [1.165, 1.54) is 12.1 Å². The zero-order valence-electron chi connectivity index (χ0n) is 11.8. The Morgan fingerprint density at radius 3 is 2.50 bits per heavy atom. The molecule has 4 heteroatoms. The van der Waals surface area contributed by atoms with Crippen molar-refractivity contribution in [2.45, 2.75) is 26.4 Å². The predicted octanol–water partition coefficient (Wildman–Crippen LogP) is 3.43. The molecule has 2 aromatic rings. The summed E-state index contributed by atoms with van der Waals surface area (Å²) in [6.45, 7) is 2.08. The lowest BCUT2D eigenvalue weighted by atomic mass is 10.1. The van der Waals surface area contributed by atoms with Crippen LogP contribution in [-0.4, -0.2) is 17.1 Å². The van der Waals surface area contributed by atoms with Crippen LogP contribution in [0.15, 0.2) is 36.4 Å². The number of hydrogen-bond acceptors (Lipinski definition) is 3. The number of aliphatic hydroxyl groups is 1. The number of hydrogen-bond donors (Lipinski definition) is 1. The number of rotatable bonds is 5. The van der Waals surface area contributed by atoms with E-state index in [1.54, 1.807) is 12.1 Å². The molecule has 2 rings (SSSR count). The van der Waals surface area contributed by atoms with Crippen LogP contribution in [0.1, 0.15) is 24.6 Å². The van der Waals surface area contributed by atoms with E-state index in [4.69, 9.17) is 0 Å². The van der Waals surface area contributed by atoms with Crippen LogP contribution in [0.5, 0.6) is 0 Å². The fourth-order valence-corrected chi connectivity index (χ4v) is 2.08. The van der Waals surface area contributed by atoms with E-state index in [1.807, 2.05) is 24.1 Å². The summed E-state index contributed by atoms with van der Waals surface area (Å²) in [5.41, 5.74) is 2.66. The minimum Gasteiger partial charge on any atom is -0.392 e. The average molecular weight is 274 g/mol. The standard InChI is InChI=1S/C16H19FN2O/c1-3-4-14-9-12(11-20)10-16(18-14)19(2)15-7-5-13(17)6-8-15/h5-10,20H,3-4,11H2,1-2H3. The maximum absolute atomic E-state index is 13.0. The van der Waals surface area contributed by atoms with Gasteiger partial charge in [-0.2, -0.15) is 0 Å². The van der Waals surface area contributed by atoms with Crippen LogP contribution < -0.4 is 4.90 Å². The molecule has 106 valence electrons. The van der Waals surface area contributed by atoms with Crippen molar-refractivity contribution in [1.29, 1.82) is 0 Å². The van der Waals surface area contributed by atoms with Crippen molar-refractivity contribution < 1.29 is 9.50 Å². The Balaban J connectivity index is 2.34. The van der Waals surface area contributed by atoms with E-state index >= 15 is 0 Å². The zero-order valence-corrected chi connectivity index (χ0v) is 11.8. The number of aromatic nitrogens is 1. The Labute approximate surface area is 118 Å². The smallest absolute Gasteiger partial charge is 0.133 e. The van der Waals surface area contributed by atoms with Crippen LogP contribution in [-0.2, 0) is 13.0 Å². The first-order valence-electron chi connectivity index (χ1n) is 6.74. The van der Waals surface area contributed by atoms with Crippen LogP contribution in [0.3, 0.4) is 0 Å². The number of anilines is 2. The maximum atomic E-state index is 13.0. The minimum absolute atomic E-state index is 0.0104. The van der Waals surface area contributed by atoms with Gasteiger partial charge in [0.2, 0.25) is 0 Å². The highest BCUT2D eigenvalue weighted by molar-refractivity contribution is 5.59. The SMILES string of the molecule is CCCc1cc(CO)cc(N(C)c2ccc(F)cc2)n1. The summed E-state index contributed by atoms with van der Waals surface area (Å²) < 4.78 is 13.0. The predicted molar refractivity (Wildman–Crippen MR) is 78.6 cm³/mol. The summed E-state index contributed by atoms with van der Waals surface area (Å²) in [6, 6.07) is 10.0. The molecule has 20 heavy (non-hydrogen) atoms. The number of aliphatic hydroxyl groups excluding tert-OH is 1. The van der Waals surface area contributed by atoms with Crippen molar-refractivity contribution in [3.05, 3.63) is 53.5 Å². The van der Waals surface area contributed by atoms with Gasteiger partial charge in [0.05, 0.1) is 6.61 Å². The normalized spacial score (nSPS) is 10.6. The fraction of sp³-hybridized carbons (Fsp3) is 0.312. The Kier molecular flexibility index (Phi) is 4.69. The average Bonchev–Trinajstić information content (AvgIpc) is 2.47. The molecule has 0 unspecified atom stereocenters. The molecule has 1 aromatic carbocycles. The van der Waals surface area contributed by atoms with E-state index in [-0.39, 0.29) is 12.4 Å². The van der Waals surface area contributed by atoms with E-state index in [0.717, 1.165) is 35.6 Å². The highest BCUT2D eigenvalue weighted by atomic mass is 19.1. The van der Waals surface area contributed by atoms with Gasteiger partial charge in [-0.3, -0.25) is 0 Å². The van der Waals surface area contributed by atoms with Gasteiger partial charge in [0.1, 0.15) is 11.6 Å². The lowest BCUT2D eigenvalue weighted by Gasteiger charge is -2.20. The van der Waals surface area contributed by atoms with Gasteiger partial charge in [-0.25, -0.2) is 9.37 Å². The van der Waals surface area contributed by atoms with Crippen molar-refractivity contribution in [2.75, 3.05) is 11.9 Å². The summed E-state index contributed by atoms with van der Waals surface area (Å²) >= 11 is 0. The van der Waals surface area contributed by atoms with Crippen LogP contribution in [0, 0.1) is 5.82 Å². The first-order chi connectivity index (χ1) is 9.63. The van der Waals surface area contributed by atoms with Gasteiger partial charge in [-0.15, -0.1) is 0 Å². The van der Waals surface area contributed by atoms with Gasteiger partial charge < -0.3 is 10.0 Å². The molecule has 0 saturated heterocycles. The highest BCUT2D eigenvalue weighted by Gasteiger charge is 2.09. The Morgan fingerprint density at radius 2 is 1.90 bits per heavy atom. The molecular formula is C16H19FN2O. The third kappa shape index (κ3) is 3.33. The molecule has 0 saturated carbocycles. The monoisotopic (exact) mass is 274 g/mol. The number of aryl methyl sites for hydroxylation is 1. The lowest BCUT2D eigenvalue weighted by molar-refractivity contribution is 0.281. The zero-order chi connectivity index (χ0) is 14.5. The third-order valence-electron chi connectivity index (χ3n) is 3.17. The summed E-state index contributed by atoms with van der Waals surface area (Å²) in [5.74, 6) is 0.498. The fourth-order valence-electron chi connectivity index (χ4n) is 2.08. The topological polar surface area (TPSA) is 36.4 Å². The molecule has 1 aromatic heterocycles. The first-order valence-corrected chi connectivity index (χ1v) is 6.74. The van der Waals surface area contributed by atoms with Crippen molar-refractivity contribution in [2.24, 2.45) is 0 Å². The molecular weight excluding hydrogens is 255 g/mol. The van der Waals surface area contributed by atoms with Crippen LogP contribution >= 0.6 is 0 Å². The van der Waals surface area contributed by atoms with Gasteiger partial charge in [-0.05, 0) is 48.4 Å². The molecule has 3 nitrogen and oxygen atoms in total. The lowest BCUT2D eigenvalue weighted by Crippen LogP contribution is -2.12. The molecule has 0 aliphatic rings. The number of benzene rings is 1. The Hall–Kier alpha value is -1.94. The van der Waals surface area contributed by atoms with Crippen LogP contribution in [0.4, 0.5) is 15.9 Å². The van der Waals surface area contributed by atoms with Crippen LogP contribution in [0.2, 0.25) is 0 Å². The van der Waals surface area contributed by atoms with Crippen molar-refractivity contribution in [3.8, 4) is 0 Å². The van der Waals surface area contributed by atoms with E-state index in [2.05, 4.69) is 11.9 Å². The number of pyridine rings is 1. The molecule has 0 atom stereocenters. The molecule has 0 amide bonds. The molecule has 0 aliphatic heterocycles. The summed E-state index contributed by atoms with van der Waals surface area (Å²) in [6.07, 6.45) is 1.87. The summed E-state index contributed by atoms with van der Waals surface area (Å²) in [7, 11) is 1.88. The van der Waals surface area contributed by atoms with Gasteiger partial charge in [0.15, 0.2) is 0 Å². The molecule has 0 radical (unpaired) electrons. The van der Waals surface area contributed by atoms with Crippen molar-refractivity contribution >= 4 is 11.5 Å². The maximum Gasteiger partial charge on any atom is 0.133 e. The second kappa shape index (κ2) is 6.48. The quantitative estimate of drug-likeness (QED) is 0.907. The number of halogens is 1. The van der Waals surface area contributed by atoms with Crippen LogP contribution in [0.25, 0.3) is 0 Å². The molecule has 0 aliphatic carbocycles. The van der Waals surface area contributed by atoms with Gasteiger partial charge >= 0.3 is 0 Å². The van der Waals surface area contributed by atoms with Gasteiger partial charge in [0, 0.05) is 18.4 Å². The molecule has 1 N–H and O–H groups in total. The second-order valence-electron chi connectivity index (χ2n) is 4.77. The first kappa shape index (κ1) is 14.5. The molecule has 0 spiro atoms. The van der Waals surface area contributed by atoms with Gasteiger partial charge in [0.25, 0.3) is 0 Å². The van der Waals surface area contributed by atoms with Gasteiger partial charge in [-0.1, -0.05) is 13.3 Å². The summed E-state index contributed by atoms with van der Waals surface area (Å²) in [5, 5.41) is 9.35. The highest BCUT2D eigenvalue weighted by Crippen LogP contribution is 2.23. The molecule has 0 bridgehead atoms. The Morgan fingerprint density at radius 1 is 1.20 bits per heavy atom. The number of nitrogens with zero attached hydrogens (tertiary/aromatic N) is 2. The molecule has 1 heterocycles. The van der Waals surface area contributed by atoms with E-state index in [9.17, 15) is 9.50 Å². The van der Waals surface area contributed by atoms with E-state index < -0.39 is 0 Å². The summed E-state index contributed by atoms with van der Waals surface area (Å²) in [4.78, 5) is 6.48. The van der Waals surface area contributed by atoms with Crippen molar-refractivity contribution in [3.63, 3.8) is 0 Å². The Bertz CT molecular complexity index is 569. The molecule has 0 fully saturated rings. The van der Waals surface area contributed by atoms with Crippen molar-refractivity contribution in [1.82, 2.24) is 4.98 Å². The van der Waals surface area contributed by atoms with E-state index in [0.29, 0.717) is 0 Å². The third-order valence-corrected chi connectivity index (χ3v) is 3.17. The largest absolute Gasteiger partial charge is 0.392 e.